The van der Waals surface area contributed by atoms with Crippen molar-refractivity contribution in [3.63, 3.8) is 0 Å². The zero-order chi connectivity index (χ0) is 13.3. The minimum Gasteiger partial charge on any atom is -0.481 e. The molecule has 0 bridgehead atoms. The molecule has 2 rings (SSSR count). The Bertz CT molecular complexity index is 553. The van der Waals surface area contributed by atoms with Gasteiger partial charge in [0.2, 0.25) is 0 Å². The van der Waals surface area contributed by atoms with Crippen LogP contribution in [0.4, 0.5) is 0 Å². The van der Waals surface area contributed by atoms with Crippen molar-refractivity contribution in [1.29, 1.82) is 0 Å². The molecule has 1 aromatic rings. The second-order valence-electron chi connectivity index (χ2n) is 4.53. The van der Waals surface area contributed by atoms with Crippen molar-refractivity contribution in [1.82, 2.24) is 20.2 Å². The van der Waals surface area contributed by atoms with Crippen molar-refractivity contribution in [2.24, 2.45) is 0 Å². The standard InChI is InChI=1S/C9H14N4O4S/c1-6(4-8(14)15)13-9(10-11-12-13)7-2-3-18(16,17)5-7/h6-7H,2-5H2,1H3,(H,14,15). The first kappa shape index (κ1) is 12.9. The molecular weight excluding hydrogens is 260 g/mol. The van der Waals surface area contributed by atoms with E-state index in [0.29, 0.717) is 12.2 Å². The number of rotatable bonds is 4. The predicted molar refractivity (Wildman–Crippen MR) is 60.8 cm³/mol. The van der Waals surface area contributed by atoms with E-state index in [1.54, 1.807) is 6.92 Å². The first-order chi connectivity index (χ1) is 8.39. The van der Waals surface area contributed by atoms with E-state index >= 15 is 0 Å². The number of aromatic nitrogens is 4. The molecule has 2 unspecified atom stereocenters. The highest BCUT2D eigenvalue weighted by molar-refractivity contribution is 7.91. The van der Waals surface area contributed by atoms with E-state index < -0.39 is 21.8 Å². The maximum Gasteiger partial charge on any atom is 0.305 e. The number of aliphatic carboxylic acids is 1. The highest BCUT2D eigenvalue weighted by Crippen LogP contribution is 2.28. The summed E-state index contributed by atoms with van der Waals surface area (Å²) in [4.78, 5) is 10.7. The molecule has 1 N–H and O–H groups in total. The van der Waals surface area contributed by atoms with Gasteiger partial charge in [-0.3, -0.25) is 4.79 Å². The Balaban J connectivity index is 2.20. The second-order valence-corrected chi connectivity index (χ2v) is 6.76. The number of tetrazole rings is 1. The molecule has 1 saturated heterocycles. The molecule has 0 saturated carbocycles. The molecule has 1 aromatic heterocycles. The molecule has 0 radical (unpaired) electrons. The van der Waals surface area contributed by atoms with Crippen LogP contribution >= 0.6 is 0 Å². The van der Waals surface area contributed by atoms with Gasteiger partial charge in [-0.15, -0.1) is 5.10 Å². The van der Waals surface area contributed by atoms with Gasteiger partial charge < -0.3 is 5.11 Å². The summed E-state index contributed by atoms with van der Waals surface area (Å²) in [5, 5.41) is 19.9. The summed E-state index contributed by atoms with van der Waals surface area (Å²) in [7, 11) is -3.01. The topological polar surface area (TPSA) is 115 Å². The maximum atomic E-state index is 11.4. The van der Waals surface area contributed by atoms with E-state index in [2.05, 4.69) is 15.5 Å². The van der Waals surface area contributed by atoms with Crippen LogP contribution in [-0.4, -0.2) is 51.2 Å². The van der Waals surface area contributed by atoms with Gasteiger partial charge in [0.05, 0.1) is 24.0 Å². The average Bonchev–Trinajstić information content (AvgIpc) is 2.82. The summed E-state index contributed by atoms with van der Waals surface area (Å²) in [6.07, 6.45) is 0.389. The Morgan fingerprint density at radius 2 is 2.33 bits per heavy atom. The molecule has 18 heavy (non-hydrogen) atoms. The number of carboxylic acids is 1. The van der Waals surface area contributed by atoms with E-state index in [4.69, 9.17) is 5.11 Å². The monoisotopic (exact) mass is 274 g/mol. The average molecular weight is 274 g/mol. The van der Waals surface area contributed by atoms with Gasteiger partial charge in [0.15, 0.2) is 15.7 Å². The quantitative estimate of drug-likeness (QED) is 0.795. The van der Waals surface area contributed by atoms with Crippen molar-refractivity contribution in [3.8, 4) is 0 Å². The number of carbonyl (C=O) groups is 1. The van der Waals surface area contributed by atoms with Crippen molar-refractivity contribution < 1.29 is 18.3 Å². The normalized spacial score (nSPS) is 23.9. The van der Waals surface area contributed by atoms with Gasteiger partial charge in [-0.25, -0.2) is 13.1 Å². The lowest BCUT2D eigenvalue weighted by atomic mass is 10.1. The number of sulfone groups is 1. The molecule has 0 amide bonds. The molecule has 0 aliphatic carbocycles. The third kappa shape index (κ3) is 2.66. The van der Waals surface area contributed by atoms with Gasteiger partial charge in [0.25, 0.3) is 0 Å². The summed E-state index contributed by atoms with van der Waals surface area (Å²) in [6, 6.07) is -0.393. The van der Waals surface area contributed by atoms with Gasteiger partial charge in [-0.1, -0.05) is 0 Å². The molecule has 100 valence electrons. The third-order valence-electron chi connectivity index (χ3n) is 3.00. The zero-order valence-electron chi connectivity index (χ0n) is 9.85. The molecule has 1 aliphatic rings. The van der Waals surface area contributed by atoms with Gasteiger partial charge in [-0.05, 0) is 23.8 Å². The summed E-state index contributed by atoms with van der Waals surface area (Å²) < 4.78 is 24.3. The predicted octanol–water partition coefficient (Wildman–Crippen LogP) is -0.389. The number of carboxylic acid groups (broad SMARTS) is 1. The summed E-state index contributed by atoms with van der Waals surface area (Å²) in [6.45, 7) is 1.69. The van der Waals surface area contributed by atoms with Crippen molar-refractivity contribution in [2.75, 3.05) is 11.5 Å². The molecule has 1 aliphatic heterocycles. The lowest BCUT2D eigenvalue weighted by molar-refractivity contribution is -0.137. The van der Waals surface area contributed by atoms with E-state index in [-0.39, 0.29) is 23.8 Å². The highest BCUT2D eigenvalue weighted by atomic mass is 32.2. The molecular formula is C9H14N4O4S. The Morgan fingerprint density at radius 1 is 1.61 bits per heavy atom. The molecule has 0 aromatic carbocycles. The smallest absolute Gasteiger partial charge is 0.305 e. The number of nitrogens with zero attached hydrogens (tertiary/aromatic N) is 4. The fourth-order valence-electron chi connectivity index (χ4n) is 2.12. The van der Waals surface area contributed by atoms with Gasteiger partial charge in [0, 0.05) is 5.92 Å². The van der Waals surface area contributed by atoms with Crippen LogP contribution in [0.1, 0.15) is 37.5 Å². The van der Waals surface area contributed by atoms with Crippen LogP contribution in [-0.2, 0) is 14.6 Å². The van der Waals surface area contributed by atoms with E-state index in [9.17, 15) is 13.2 Å². The third-order valence-corrected chi connectivity index (χ3v) is 4.77. The molecule has 0 spiro atoms. The highest BCUT2D eigenvalue weighted by Gasteiger charge is 2.33. The Morgan fingerprint density at radius 3 is 2.89 bits per heavy atom. The van der Waals surface area contributed by atoms with Crippen LogP contribution in [0.15, 0.2) is 0 Å². The second kappa shape index (κ2) is 4.63. The van der Waals surface area contributed by atoms with Gasteiger partial charge >= 0.3 is 5.97 Å². The Hall–Kier alpha value is -1.51. The molecule has 1 fully saturated rings. The van der Waals surface area contributed by atoms with Crippen LogP contribution in [0.25, 0.3) is 0 Å². The minimum absolute atomic E-state index is 0.0349. The first-order valence-corrected chi connectivity index (χ1v) is 7.41. The molecule has 2 atom stereocenters. The lowest BCUT2D eigenvalue weighted by Crippen LogP contribution is -2.17. The summed E-state index contributed by atoms with van der Waals surface area (Å²) >= 11 is 0. The van der Waals surface area contributed by atoms with Crippen LogP contribution in [0.2, 0.25) is 0 Å². The Kier molecular flexibility index (Phi) is 3.33. The van der Waals surface area contributed by atoms with Crippen molar-refractivity contribution in [3.05, 3.63) is 5.82 Å². The van der Waals surface area contributed by atoms with Crippen molar-refractivity contribution >= 4 is 15.8 Å². The van der Waals surface area contributed by atoms with E-state index in [1.807, 2.05) is 0 Å². The van der Waals surface area contributed by atoms with Crippen LogP contribution in [0.5, 0.6) is 0 Å². The SMILES string of the molecule is CC(CC(=O)O)n1nnnc1C1CCS(=O)(=O)C1. The first-order valence-electron chi connectivity index (χ1n) is 5.59. The van der Waals surface area contributed by atoms with Crippen LogP contribution in [0, 0.1) is 0 Å². The summed E-state index contributed by atoms with van der Waals surface area (Å²) in [5.41, 5.74) is 0. The van der Waals surface area contributed by atoms with Crippen LogP contribution < -0.4 is 0 Å². The fourth-order valence-corrected chi connectivity index (χ4v) is 3.86. The molecule has 2 heterocycles. The van der Waals surface area contributed by atoms with Gasteiger partial charge in [0.1, 0.15) is 0 Å². The summed E-state index contributed by atoms with van der Waals surface area (Å²) in [5.74, 6) is -0.542. The maximum absolute atomic E-state index is 11.4. The zero-order valence-corrected chi connectivity index (χ0v) is 10.7. The van der Waals surface area contributed by atoms with E-state index in [0.717, 1.165) is 0 Å². The van der Waals surface area contributed by atoms with Crippen LogP contribution in [0.3, 0.4) is 0 Å². The number of hydrogen-bond acceptors (Lipinski definition) is 6. The molecule has 9 heteroatoms. The van der Waals surface area contributed by atoms with E-state index in [1.165, 1.54) is 4.68 Å². The van der Waals surface area contributed by atoms with Gasteiger partial charge in [-0.2, -0.15) is 0 Å². The van der Waals surface area contributed by atoms with Crippen molar-refractivity contribution in [2.45, 2.75) is 31.7 Å². The number of hydrogen-bond donors (Lipinski definition) is 1. The molecule has 8 nitrogen and oxygen atoms in total. The Labute approximate surface area is 104 Å². The minimum atomic E-state index is -3.01. The lowest BCUT2D eigenvalue weighted by Gasteiger charge is -2.13. The largest absolute Gasteiger partial charge is 0.481 e. The fraction of sp³-hybridized carbons (Fsp3) is 0.778.